The van der Waals surface area contributed by atoms with Gasteiger partial charge < -0.3 is 0 Å². The molecule has 0 nitrogen and oxygen atoms in total. The number of hydrogen-bond donors (Lipinski definition) is 0. The van der Waals surface area contributed by atoms with Crippen LogP contribution in [0, 0.1) is 22.2 Å². The average Bonchev–Trinajstić information content (AvgIpc) is 2.68. The highest BCUT2D eigenvalue weighted by Crippen LogP contribution is 2.77. The topological polar surface area (TPSA) is 0 Å². The third kappa shape index (κ3) is 0.797. The van der Waals surface area contributed by atoms with Gasteiger partial charge in [-0.15, -0.1) is 0 Å². The molecule has 0 amide bonds. The minimum absolute atomic E-state index is 0.457. The largest absolute Gasteiger partial charge is 0.0788 e. The van der Waals surface area contributed by atoms with Gasteiger partial charge in [0.15, 0.2) is 0 Å². The van der Waals surface area contributed by atoms with Gasteiger partial charge in [-0.2, -0.15) is 0 Å². The van der Waals surface area contributed by atoms with Crippen molar-refractivity contribution in [1.82, 2.24) is 0 Å². The summed E-state index contributed by atoms with van der Waals surface area (Å²) < 4.78 is 0. The van der Waals surface area contributed by atoms with E-state index in [4.69, 9.17) is 0 Å². The molecule has 0 heterocycles. The first-order chi connectivity index (χ1) is 6.96. The van der Waals surface area contributed by atoms with E-state index < -0.39 is 0 Å². The molecule has 0 radical (unpaired) electrons. The molecular weight excluding hydrogens is 180 g/mol. The van der Waals surface area contributed by atoms with Crippen molar-refractivity contribution >= 4 is 0 Å². The Kier molecular flexibility index (Phi) is 1.67. The first-order valence-corrected chi connectivity index (χ1v) is 6.66. The van der Waals surface area contributed by atoms with Crippen LogP contribution < -0.4 is 0 Å². The molecule has 2 unspecified atom stereocenters. The third-order valence-corrected chi connectivity index (χ3v) is 6.39. The standard InChI is InChI=1S/C15H24/c1-11-6-9-14-7-5-8-15(11,14)12(2)10-13(14,3)4/h10-11H,5-9H2,1-4H3/t11-,14?,15?/m1/s1. The van der Waals surface area contributed by atoms with E-state index in [1.165, 1.54) is 32.1 Å². The van der Waals surface area contributed by atoms with Crippen LogP contribution in [0.5, 0.6) is 0 Å². The van der Waals surface area contributed by atoms with Crippen molar-refractivity contribution in [3.63, 3.8) is 0 Å². The molecule has 0 bridgehead atoms. The zero-order valence-corrected chi connectivity index (χ0v) is 10.7. The third-order valence-electron chi connectivity index (χ3n) is 6.39. The molecular formula is C15H24. The molecule has 15 heavy (non-hydrogen) atoms. The van der Waals surface area contributed by atoms with Crippen LogP contribution >= 0.6 is 0 Å². The highest BCUT2D eigenvalue weighted by atomic mass is 14.7. The summed E-state index contributed by atoms with van der Waals surface area (Å²) in [7, 11) is 0. The van der Waals surface area contributed by atoms with Crippen LogP contribution in [0.3, 0.4) is 0 Å². The summed E-state index contributed by atoms with van der Waals surface area (Å²) in [5, 5.41) is 0. The highest BCUT2D eigenvalue weighted by Gasteiger charge is 2.69. The van der Waals surface area contributed by atoms with Crippen molar-refractivity contribution < 1.29 is 0 Å². The van der Waals surface area contributed by atoms with Crippen LogP contribution in [-0.4, -0.2) is 0 Å². The Morgan fingerprint density at radius 2 is 1.93 bits per heavy atom. The number of rotatable bonds is 0. The molecule has 0 aromatic heterocycles. The maximum absolute atomic E-state index is 2.61. The molecule has 2 fully saturated rings. The summed E-state index contributed by atoms with van der Waals surface area (Å²) in [4.78, 5) is 0. The summed E-state index contributed by atoms with van der Waals surface area (Å²) in [6.07, 6.45) is 9.99. The van der Waals surface area contributed by atoms with E-state index >= 15 is 0 Å². The molecule has 0 aromatic carbocycles. The minimum Gasteiger partial charge on any atom is -0.0788 e. The van der Waals surface area contributed by atoms with Gasteiger partial charge in [0.2, 0.25) is 0 Å². The maximum Gasteiger partial charge on any atom is -0.0000595 e. The molecule has 0 aromatic rings. The summed E-state index contributed by atoms with van der Waals surface area (Å²) in [6.45, 7) is 9.89. The van der Waals surface area contributed by atoms with Crippen molar-refractivity contribution in [2.24, 2.45) is 22.2 Å². The Morgan fingerprint density at radius 1 is 1.20 bits per heavy atom. The minimum atomic E-state index is 0.457. The summed E-state index contributed by atoms with van der Waals surface area (Å²) in [5.41, 5.74) is 3.44. The predicted octanol–water partition coefficient (Wildman–Crippen LogP) is 4.56. The van der Waals surface area contributed by atoms with E-state index in [1.807, 2.05) is 0 Å². The van der Waals surface area contributed by atoms with E-state index in [0.29, 0.717) is 16.2 Å². The Hall–Kier alpha value is -0.260. The van der Waals surface area contributed by atoms with Gasteiger partial charge in [-0.05, 0) is 54.8 Å². The van der Waals surface area contributed by atoms with Crippen LogP contribution in [0.4, 0.5) is 0 Å². The fourth-order valence-electron chi connectivity index (χ4n) is 5.90. The first kappa shape index (κ1) is 9.93. The van der Waals surface area contributed by atoms with Crippen LogP contribution in [0.25, 0.3) is 0 Å². The predicted molar refractivity (Wildman–Crippen MR) is 64.7 cm³/mol. The quantitative estimate of drug-likeness (QED) is 0.507. The van der Waals surface area contributed by atoms with Gasteiger partial charge in [0, 0.05) is 0 Å². The lowest BCUT2D eigenvalue weighted by molar-refractivity contribution is 0.0447. The smallest absolute Gasteiger partial charge is 0.0000595 e. The van der Waals surface area contributed by atoms with Crippen LogP contribution in [0.2, 0.25) is 0 Å². The van der Waals surface area contributed by atoms with Crippen molar-refractivity contribution in [1.29, 1.82) is 0 Å². The molecule has 0 N–H and O–H groups in total. The fourth-order valence-corrected chi connectivity index (χ4v) is 5.90. The Morgan fingerprint density at radius 3 is 2.60 bits per heavy atom. The zero-order valence-electron chi connectivity index (χ0n) is 10.7. The normalized spacial score (nSPS) is 51.5. The van der Waals surface area contributed by atoms with E-state index in [0.717, 1.165) is 5.92 Å². The highest BCUT2D eigenvalue weighted by molar-refractivity contribution is 5.37. The van der Waals surface area contributed by atoms with E-state index in [1.54, 1.807) is 5.57 Å². The van der Waals surface area contributed by atoms with E-state index in [-0.39, 0.29) is 0 Å². The molecule has 0 spiro atoms. The summed E-state index contributed by atoms with van der Waals surface area (Å²) in [5.74, 6) is 0.929. The van der Waals surface area contributed by atoms with Gasteiger partial charge in [0.25, 0.3) is 0 Å². The van der Waals surface area contributed by atoms with Gasteiger partial charge in [-0.1, -0.05) is 38.8 Å². The summed E-state index contributed by atoms with van der Waals surface area (Å²) >= 11 is 0. The fraction of sp³-hybridized carbons (Fsp3) is 0.867. The molecule has 0 aliphatic heterocycles. The van der Waals surface area contributed by atoms with Crippen LogP contribution in [-0.2, 0) is 0 Å². The lowest BCUT2D eigenvalue weighted by atomic mass is 9.57. The van der Waals surface area contributed by atoms with Gasteiger partial charge in [0.05, 0.1) is 0 Å². The van der Waals surface area contributed by atoms with Gasteiger partial charge in [0.1, 0.15) is 0 Å². The van der Waals surface area contributed by atoms with E-state index in [9.17, 15) is 0 Å². The summed E-state index contributed by atoms with van der Waals surface area (Å²) in [6, 6.07) is 0. The Bertz CT molecular complexity index is 336. The average molecular weight is 204 g/mol. The molecule has 84 valence electrons. The SMILES string of the molecule is CC1=CC(C)(C)C23CCCC12[C@H](C)CC3. The van der Waals surface area contributed by atoms with Gasteiger partial charge in [-0.25, -0.2) is 0 Å². The number of allylic oxidation sites excluding steroid dienone is 2. The van der Waals surface area contributed by atoms with Gasteiger partial charge in [-0.3, -0.25) is 0 Å². The van der Waals surface area contributed by atoms with Gasteiger partial charge >= 0.3 is 0 Å². The lowest BCUT2D eigenvalue weighted by Crippen LogP contribution is -2.41. The second kappa shape index (κ2) is 2.52. The maximum atomic E-state index is 2.61. The Balaban J connectivity index is 2.23. The molecule has 3 atom stereocenters. The molecule has 0 heteroatoms. The van der Waals surface area contributed by atoms with Crippen molar-refractivity contribution in [3.8, 4) is 0 Å². The first-order valence-electron chi connectivity index (χ1n) is 6.66. The number of hydrogen-bond acceptors (Lipinski definition) is 0. The van der Waals surface area contributed by atoms with Crippen molar-refractivity contribution in [3.05, 3.63) is 11.6 Å². The zero-order chi connectivity index (χ0) is 10.9. The molecule has 3 rings (SSSR count). The molecule has 0 saturated heterocycles. The Labute approximate surface area is 94.1 Å². The molecule has 2 saturated carbocycles. The second-order valence-corrected chi connectivity index (χ2v) is 6.90. The van der Waals surface area contributed by atoms with Crippen LogP contribution in [0.15, 0.2) is 11.6 Å². The van der Waals surface area contributed by atoms with E-state index in [2.05, 4.69) is 33.8 Å². The second-order valence-electron chi connectivity index (χ2n) is 6.90. The lowest BCUT2D eigenvalue weighted by Gasteiger charge is -2.46. The van der Waals surface area contributed by atoms with Crippen molar-refractivity contribution in [2.45, 2.75) is 59.8 Å². The molecule has 3 aliphatic rings. The van der Waals surface area contributed by atoms with Crippen molar-refractivity contribution in [2.75, 3.05) is 0 Å². The van der Waals surface area contributed by atoms with Crippen LogP contribution in [0.1, 0.15) is 59.8 Å². The monoisotopic (exact) mass is 204 g/mol. The molecule has 3 aliphatic carbocycles.